The van der Waals surface area contributed by atoms with E-state index in [1.165, 1.54) is 5.56 Å². The van der Waals surface area contributed by atoms with Crippen molar-refractivity contribution in [2.45, 2.75) is 40.4 Å². The molecule has 0 amide bonds. The molecule has 0 radical (unpaired) electrons. The highest BCUT2D eigenvalue weighted by Gasteiger charge is 2.11. The molecule has 2 aromatic rings. The van der Waals surface area contributed by atoms with Crippen LogP contribution in [0.4, 0.5) is 0 Å². The number of aryl methyl sites for hydroxylation is 1. The van der Waals surface area contributed by atoms with E-state index in [1.807, 2.05) is 35.9 Å². The van der Waals surface area contributed by atoms with Crippen LogP contribution >= 0.6 is 0 Å². The van der Waals surface area contributed by atoms with Gasteiger partial charge in [0.2, 0.25) is 0 Å². The maximum Gasteiger partial charge on any atom is 0.191 e. The number of nitrogens with one attached hydrogen (secondary N) is 2. The van der Waals surface area contributed by atoms with Gasteiger partial charge in [-0.1, -0.05) is 12.1 Å². The average molecular weight is 374 g/mol. The van der Waals surface area contributed by atoms with Crippen molar-refractivity contribution in [2.24, 2.45) is 4.99 Å². The van der Waals surface area contributed by atoms with E-state index in [4.69, 9.17) is 9.47 Å². The van der Waals surface area contributed by atoms with Crippen LogP contribution in [0.2, 0.25) is 0 Å². The number of nitrogens with zero attached hydrogens (tertiary/aromatic N) is 3. The van der Waals surface area contributed by atoms with E-state index in [-0.39, 0.29) is 0 Å². The number of ether oxygens (including phenoxy) is 2. The standard InChI is InChI=1S/C20H31N5O2/c1-6-21-20(22-13-17-7-9-18(27-5)10-8-17)23-14-19-15(2)24-25(16(19)3)11-12-26-4/h7-10H,6,11-14H2,1-5H3,(H2,21,22,23). The molecule has 0 bridgehead atoms. The first-order chi connectivity index (χ1) is 13.1. The number of rotatable bonds is 9. The molecule has 2 rings (SSSR count). The number of benzene rings is 1. The Hall–Kier alpha value is -2.54. The molecular weight excluding hydrogens is 342 g/mol. The van der Waals surface area contributed by atoms with Crippen molar-refractivity contribution in [3.8, 4) is 5.75 Å². The predicted octanol–water partition coefficient (Wildman–Crippen LogP) is 2.41. The van der Waals surface area contributed by atoms with Gasteiger partial charge in [-0.15, -0.1) is 0 Å². The minimum atomic E-state index is 0.602. The Kier molecular flexibility index (Phi) is 8.13. The fourth-order valence-electron chi connectivity index (χ4n) is 2.80. The molecule has 1 aromatic heterocycles. The van der Waals surface area contributed by atoms with Gasteiger partial charge in [0.15, 0.2) is 5.96 Å². The maximum absolute atomic E-state index is 5.19. The Bertz CT molecular complexity index is 738. The molecule has 0 saturated heterocycles. The molecule has 2 N–H and O–H groups in total. The Labute approximate surface area is 161 Å². The first-order valence-electron chi connectivity index (χ1n) is 9.26. The quantitative estimate of drug-likeness (QED) is 0.522. The summed E-state index contributed by atoms with van der Waals surface area (Å²) in [7, 11) is 3.37. The molecule has 27 heavy (non-hydrogen) atoms. The lowest BCUT2D eigenvalue weighted by Crippen LogP contribution is -2.37. The van der Waals surface area contributed by atoms with Crippen LogP contribution in [-0.4, -0.2) is 43.1 Å². The fraction of sp³-hybridized carbons (Fsp3) is 0.500. The Morgan fingerprint density at radius 2 is 1.89 bits per heavy atom. The van der Waals surface area contributed by atoms with E-state index in [9.17, 15) is 0 Å². The molecule has 1 aromatic carbocycles. The lowest BCUT2D eigenvalue weighted by molar-refractivity contribution is 0.182. The molecule has 0 aliphatic carbocycles. The van der Waals surface area contributed by atoms with Crippen LogP contribution in [0.15, 0.2) is 29.3 Å². The third kappa shape index (κ3) is 5.99. The summed E-state index contributed by atoms with van der Waals surface area (Å²) < 4.78 is 12.3. The van der Waals surface area contributed by atoms with Crippen LogP contribution < -0.4 is 15.4 Å². The minimum absolute atomic E-state index is 0.602. The Morgan fingerprint density at radius 3 is 2.52 bits per heavy atom. The first-order valence-corrected chi connectivity index (χ1v) is 9.26. The third-order valence-corrected chi connectivity index (χ3v) is 4.39. The van der Waals surface area contributed by atoms with Crippen molar-refractivity contribution in [1.82, 2.24) is 20.4 Å². The zero-order valence-electron chi connectivity index (χ0n) is 17.0. The van der Waals surface area contributed by atoms with Gasteiger partial charge in [-0.3, -0.25) is 4.68 Å². The number of methoxy groups -OCH3 is 2. The average Bonchev–Trinajstić information content (AvgIpc) is 2.95. The highest BCUT2D eigenvalue weighted by molar-refractivity contribution is 5.79. The van der Waals surface area contributed by atoms with Crippen LogP contribution in [0.25, 0.3) is 0 Å². The highest BCUT2D eigenvalue weighted by atomic mass is 16.5. The Balaban J connectivity index is 2.02. The van der Waals surface area contributed by atoms with E-state index < -0.39 is 0 Å². The molecule has 1 heterocycles. The maximum atomic E-state index is 5.19. The number of aliphatic imine (C=N–C) groups is 1. The van der Waals surface area contributed by atoms with Crippen molar-refractivity contribution in [2.75, 3.05) is 27.4 Å². The largest absolute Gasteiger partial charge is 0.497 e. The van der Waals surface area contributed by atoms with Gasteiger partial charge in [0.25, 0.3) is 0 Å². The summed E-state index contributed by atoms with van der Waals surface area (Å²) in [5.41, 5.74) is 4.51. The minimum Gasteiger partial charge on any atom is -0.497 e. The third-order valence-electron chi connectivity index (χ3n) is 4.39. The van der Waals surface area contributed by atoms with E-state index >= 15 is 0 Å². The van der Waals surface area contributed by atoms with Crippen molar-refractivity contribution in [3.05, 3.63) is 46.8 Å². The smallest absolute Gasteiger partial charge is 0.191 e. The number of aromatic nitrogens is 2. The van der Waals surface area contributed by atoms with Crippen molar-refractivity contribution in [3.63, 3.8) is 0 Å². The molecular formula is C20H31N5O2. The van der Waals surface area contributed by atoms with Gasteiger partial charge in [0.1, 0.15) is 5.75 Å². The van der Waals surface area contributed by atoms with Gasteiger partial charge in [-0.25, -0.2) is 4.99 Å². The molecule has 0 aliphatic heterocycles. The summed E-state index contributed by atoms with van der Waals surface area (Å²) in [5, 5.41) is 11.3. The topological polar surface area (TPSA) is 72.7 Å². The summed E-state index contributed by atoms with van der Waals surface area (Å²) in [5.74, 6) is 1.64. The number of hydrogen-bond acceptors (Lipinski definition) is 4. The van der Waals surface area contributed by atoms with Crippen LogP contribution in [0.3, 0.4) is 0 Å². The summed E-state index contributed by atoms with van der Waals surface area (Å²) in [6, 6.07) is 7.96. The summed E-state index contributed by atoms with van der Waals surface area (Å²) in [4.78, 5) is 4.68. The normalized spacial score (nSPS) is 11.5. The molecule has 0 fully saturated rings. The molecule has 0 unspecified atom stereocenters. The van der Waals surface area contributed by atoms with E-state index in [0.29, 0.717) is 19.7 Å². The van der Waals surface area contributed by atoms with Crippen molar-refractivity contribution >= 4 is 5.96 Å². The molecule has 148 valence electrons. The number of hydrogen-bond donors (Lipinski definition) is 2. The predicted molar refractivity (Wildman–Crippen MR) is 108 cm³/mol. The molecule has 0 saturated carbocycles. The van der Waals surface area contributed by atoms with Gasteiger partial charge < -0.3 is 20.1 Å². The first kappa shape index (κ1) is 20.8. The van der Waals surface area contributed by atoms with E-state index in [1.54, 1.807) is 14.2 Å². The van der Waals surface area contributed by atoms with Gasteiger partial charge in [-0.2, -0.15) is 5.10 Å². The van der Waals surface area contributed by atoms with Crippen LogP contribution in [0.1, 0.15) is 29.4 Å². The molecule has 0 atom stereocenters. The van der Waals surface area contributed by atoms with Gasteiger partial charge in [-0.05, 0) is 38.5 Å². The Morgan fingerprint density at radius 1 is 1.15 bits per heavy atom. The molecule has 0 aliphatic rings. The zero-order valence-corrected chi connectivity index (χ0v) is 17.0. The van der Waals surface area contributed by atoms with E-state index in [2.05, 4.69) is 34.6 Å². The van der Waals surface area contributed by atoms with Crippen LogP contribution in [-0.2, 0) is 24.4 Å². The monoisotopic (exact) mass is 373 g/mol. The summed E-state index contributed by atoms with van der Waals surface area (Å²) in [6.07, 6.45) is 0. The second-order valence-corrected chi connectivity index (χ2v) is 6.26. The van der Waals surface area contributed by atoms with Crippen LogP contribution in [0, 0.1) is 13.8 Å². The number of guanidine groups is 1. The van der Waals surface area contributed by atoms with Gasteiger partial charge in [0.05, 0.1) is 32.5 Å². The van der Waals surface area contributed by atoms with Gasteiger partial charge >= 0.3 is 0 Å². The second kappa shape index (κ2) is 10.6. The molecule has 0 spiro atoms. The second-order valence-electron chi connectivity index (χ2n) is 6.26. The lowest BCUT2D eigenvalue weighted by atomic mass is 10.2. The van der Waals surface area contributed by atoms with Crippen LogP contribution in [0.5, 0.6) is 5.75 Å². The molecule has 7 heteroatoms. The van der Waals surface area contributed by atoms with Gasteiger partial charge in [0, 0.05) is 31.5 Å². The molecule has 7 nitrogen and oxygen atoms in total. The summed E-state index contributed by atoms with van der Waals surface area (Å²) >= 11 is 0. The van der Waals surface area contributed by atoms with Crippen molar-refractivity contribution in [1.29, 1.82) is 0 Å². The fourth-order valence-corrected chi connectivity index (χ4v) is 2.80. The summed E-state index contributed by atoms with van der Waals surface area (Å²) in [6.45, 7) is 9.69. The lowest BCUT2D eigenvalue weighted by Gasteiger charge is -2.12. The van der Waals surface area contributed by atoms with E-state index in [0.717, 1.165) is 41.7 Å². The highest BCUT2D eigenvalue weighted by Crippen LogP contribution is 2.13. The van der Waals surface area contributed by atoms with Crippen molar-refractivity contribution < 1.29 is 9.47 Å². The SMILES string of the molecule is CCNC(=NCc1ccc(OC)cc1)NCc1c(C)nn(CCOC)c1C. The zero-order chi connectivity index (χ0) is 19.6.